The largest absolute Gasteiger partial charge is 0.493 e. The van der Waals surface area contributed by atoms with Gasteiger partial charge in [0.05, 0.1) is 42.3 Å². The second-order valence-corrected chi connectivity index (χ2v) is 10.8. The maximum atomic E-state index is 13.4. The minimum absolute atomic E-state index is 0.0416. The molecule has 10 heteroatoms. The number of rotatable bonds is 9. The Kier molecular flexibility index (Phi) is 6.35. The maximum Gasteiger partial charge on any atom is 0.264 e. The fourth-order valence-electron chi connectivity index (χ4n) is 3.99. The summed E-state index contributed by atoms with van der Waals surface area (Å²) >= 11 is 0. The summed E-state index contributed by atoms with van der Waals surface area (Å²) in [5.41, 5.74) is 0.771. The molecule has 1 unspecified atom stereocenters. The molecule has 0 radical (unpaired) electrons. The highest BCUT2D eigenvalue weighted by molar-refractivity contribution is 7.90. The molecule has 1 heterocycles. The molecule has 1 fully saturated rings. The molecular weight excluding hydrogens is 460 g/mol. The number of amides is 3. The predicted molar refractivity (Wildman–Crippen MR) is 125 cm³/mol. The van der Waals surface area contributed by atoms with Crippen molar-refractivity contribution in [1.29, 1.82) is 0 Å². The smallest absolute Gasteiger partial charge is 0.264 e. The third kappa shape index (κ3) is 4.91. The van der Waals surface area contributed by atoms with Gasteiger partial charge in [0.1, 0.15) is 9.84 Å². The van der Waals surface area contributed by atoms with Crippen LogP contribution in [-0.4, -0.2) is 56.8 Å². The highest BCUT2D eigenvalue weighted by atomic mass is 32.2. The van der Waals surface area contributed by atoms with Crippen LogP contribution in [0.5, 0.6) is 11.5 Å². The quantitative estimate of drug-likeness (QED) is 0.541. The van der Waals surface area contributed by atoms with Crippen LogP contribution >= 0.6 is 0 Å². The topological polar surface area (TPSA) is 119 Å². The average Bonchev–Trinajstić information content (AvgIpc) is 3.56. The van der Waals surface area contributed by atoms with Crippen LogP contribution < -0.4 is 14.8 Å². The lowest BCUT2D eigenvalue weighted by Crippen LogP contribution is -2.37. The van der Waals surface area contributed by atoms with Crippen molar-refractivity contribution in [1.82, 2.24) is 4.90 Å². The van der Waals surface area contributed by atoms with Crippen LogP contribution in [0, 0.1) is 5.92 Å². The highest BCUT2D eigenvalue weighted by Crippen LogP contribution is 2.39. The normalized spacial score (nSPS) is 16.3. The number of fused-ring (bicyclic) bond motifs is 1. The Morgan fingerprint density at radius 3 is 2.50 bits per heavy atom. The van der Waals surface area contributed by atoms with E-state index < -0.39 is 39.4 Å². The van der Waals surface area contributed by atoms with Gasteiger partial charge in [0.15, 0.2) is 11.5 Å². The van der Waals surface area contributed by atoms with E-state index in [9.17, 15) is 22.8 Å². The zero-order valence-corrected chi connectivity index (χ0v) is 20.0. The molecule has 1 saturated carbocycles. The SMILES string of the molecule is COc1ccc(C(CS(C)(=O)=O)N2C(=O)c3cccc(NC(C)=O)c3C2=O)cc1OCC1CC1. The molecule has 4 rings (SSSR count). The standard InChI is InChI=1S/C24H26N2O7S/c1-14(27)25-18-6-4-5-17-22(18)24(29)26(23(17)28)19(13-34(3,30)31)16-9-10-20(32-2)21(11-16)33-12-15-7-8-15/h4-6,9-11,15,19H,7-8,12-13H2,1-3H3,(H,25,27). The second-order valence-electron chi connectivity index (χ2n) is 8.66. The van der Waals surface area contributed by atoms with Crippen molar-refractivity contribution in [3.63, 3.8) is 0 Å². The van der Waals surface area contributed by atoms with E-state index in [0.29, 0.717) is 29.6 Å². The van der Waals surface area contributed by atoms with Gasteiger partial charge in [0.2, 0.25) is 5.91 Å². The summed E-state index contributed by atoms with van der Waals surface area (Å²) in [5, 5.41) is 2.57. The van der Waals surface area contributed by atoms with Crippen molar-refractivity contribution < 1.29 is 32.3 Å². The molecule has 34 heavy (non-hydrogen) atoms. The predicted octanol–water partition coefficient (Wildman–Crippen LogP) is 2.82. The van der Waals surface area contributed by atoms with E-state index >= 15 is 0 Å². The number of benzene rings is 2. The maximum absolute atomic E-state index is 13.4. The first kappa shape index (κ1) is 23.7. The van der Waals surface area contributed by atoms with Gasteiger partial charge in [0.25, 0.3) is 11.8 Å². The fourth-order valence-corrected chi connectivity index (χ4v) is 4.91. The molecule has 2 aliphatic rings. The van der Waals surface area contributed by atoms with Crippen LogP contribution in [0.3, 0.4) is 0 Å². The zero-order chi connectivity index (χ0) is 24.6. The van der Waals surface area contributed by atoms with Gasteiger partial charge in [-0.15, -0.1) is 0 Å². The van der Waals surface area contributed by atoms with E-state index in [0.717, 1.165) is 24.0 Å². The van der Waals surface area contributed by atoms with Gasteiger partial charge in [-0.25, -0.2) is 8.42 Å². The molecule has 180 valence electrons. The van der Waals surface area contributed by atoms with Crippen LogP contribution in [0.25, 0.3) is 0 Å². The highest BCUT2D eigenvalue weighted by Gasteiger charge is 2.43. The number of imide groups is 1. The second kappa shape index (κ2) is 9.09. The minimum Gasteiger partial charge on any atom is -0.493 e. The van der Waals surface area contributed by atoms with Crippen LogP contribution in [0.2, 0.25) is 0 Å². The van der Waals surface area contributed by atoms with Gasteiger partial charge in [-0.05, 0) is 48.6 Å². The van der Waals surface area contributed by atoms with Crippen LogP contribution in [0.4, 0.5) is 5.69 Å². The summed E-state index contributed by atoms with van der Waals surface area (Å²) in [6.45, 7) is 1.80. The Morgan fingerprint density at radius 1 is 1.15 bits per heavy atom. The number of hydrogen-bond donors (Lipinski definition) is 1. The lowest BCUT2D eigenvalue weighted by Gasteiger charge is -2.27. The van der Waals surface area contributed by atoms with Gasteiger partial charge in [-0.3, -0.25) is 19.3 Å². The molecule has 3 amide bonds. The molecule has 1 N–H and O–H groups in total. The van der Waals surface area contributed by atoms with E-state index in [-0.39, 0.29) is 16.8 Å². The molecule has 2 aromatic carbocycles. The first-order valence-electron chi connectivity index (χ1n) is 10.9. The third-order valence-corrected chi connectivity index (χ3v) is 6.69. The molecule has 1 atom stereocenters. The van der Waals surface area contributed by atoms with Crippen molar-refractivity contribution in [3.05, 3.63) is 53.1 Å². The van der Waals surface area contributed by atoms with E-state index in [2.05, 4.69) is 5.32 Å². The number of nitrogens with zero attached hydrogens (tertiary/aromatic N) is 1. The molecule has 2 aromatic rings. The zero-order valence-electron chi connectivity index (χ0n) is 19.2. The van der Waals surface area contributed by atoms with E-state index in [1.807, 2.05) is 0 Å². The summed E-state index contributed by atoms with van der Waals surface area (Å²) in [6.07, 6.45) is 3.23. The van der Waals surface area contributed by atoms with Crippen molar-refractivity contribution in [2.24, 2.45) is 5.92 Å². The van der Waals surface area contributed by atoms with Crippen molar-refractivity contribution in [2.75, 3.05) is 31.0 Å². The molecule has 9 nitrogen and oxygen atoms in total. The molecule has 0 bridgehead atoms. The van der Waals surface area contributed by atoms with Gasteiger partial charge in [-0.2, -0.15) is 0 Å². The van der Waals surface area contributed by atoms with Gasteiger partial charge >= 0.3 is 0 Å². The number of carbonyl (C=O) groups is 3. The Balaban J connectivity index is 1.76. The van der Waals surface area contributed by atoms with Crippen molar-refractivity contribution >= 4 is 33.2 Å². The van der Waals surface area contributed by atoms with Crippen molar-refractivity contribution in [3.8, 4) is 11.5 Å². The summed E-state index contributed by atoms with van der Waals surface area (Å²) in [5.74, 6) is -0.802. The summed E-state index contributed by atoms with van der Waals surface area (Å²) in [6, 6.07) is 8.34. The first-order valence-corrected chi connectivity index (χ1v) is 12.9. The summed E-state index contributed by atoms with van der Waals surface area (Å²) in [7, 11) is -2.10. The summed E-state index contributed by atoms with van der Waals surface area (Å²) < 4.78 is 36.0. The van der Waals surface area contributed by atoms with Crippen LogP contribution in [0.15, 0.2) is 36.4 Å². The average molecular weight is 487 g/mol. The van der Waals surface area contributed by atoms with E-state index in [1.54, 1.807) is 24.3 Å². The monoisotopic (exact) mass is 486 g/mol. The molecular formula is C24H26N2O7S. The van der Waals surface area contributed by atoms with E-state index in [1.165, 1.54) is 26.2 Å². The van der Waals surface area contributed by atoms with Crippen LogP contribution in [-0.2, 0) is 14.6 Å². The number of sulfone groups is 1. The number of anilines is 1. The van der Waals surface area contributed by atoms with E-state index in [4.69, 9.17) is 9.47 Å². The minimum atomic E-state index is -3.60. The van der Waals surface area contributed by atoms with Gasteiger partial charge in [-0.1, -0.05) is 12.1 Å². The van der Waals surface area contributed by atoms with Gasteiger partial charge in [0, 0.05) is 13.2 Å². The fraction of sp³-hybridized carbons (Fsp3) is 0.375. The number of carbonyl (C=O) groups excluding carboxylic acids is 3. The Labute approximate surface area is 198 Å². The first-order chi connectivity index (χ1) is 16.1. The van der Waals surface area contributed by atoms with Crippen molar-refractivity contribution in [2.45, 2.75) is 25.8 Å². The number of hydrogen-bond acceptors (Lipinski definition) is 7. The Morgan fingerprint density at radius 2 is 1.88 bits per heavy atom. The molecule has 0 aromatic heterocycles. The molecule has 1 aliphatic carbocycles. The number of nitrogens with one attached hydrogen (secondary N) is 1. The molecule has 0 saturated heterocycles. The third-order valence-electron chi connectivity index (χ3n) is 5.77. The molecule has 1 aliphatic heterocycles. The lowest BCUT2D eigenvalue weighted by molar-refractivity contribution is -0.114. The Hall–Kier alpha value is -3.40. The number of ether oxygens (including phenoxy) is 2. The lowest BCUT2D eigenvalue weighted by atomic mass is 10.1. The van der Waals surface area contributed by atoms with Gasteiger partial charge < -0.3 is 14.8 Å². The van der Waals surface area contributed by atoms with Crippen LogP contribution in [0.1, 0.15) is 52.1 Å². The molecule has 0 spiro atoms. The summed E-state index contributed by atoms with van der Waals surface area (Å²) in [4.78, 5) is 39.3. The Bertz CT molecular complexity index is 1270. The number of methoxy groups -OCH3 is 1.